The normalized spacial score (nSPS) is 27.9. The van der Waals surface area contributed by atoms with E-state index in [2.05, 4.69) is 0 Å². The minimum Gasteiger partial charge on any atom is -0.481 e. The van der Waals surface area contributed by atoms with E-state index >= 15 is 0 Å². The van der Waals surface area contributed by atoms with Gasteiger partial charge in [0.25, 0.3) is 0 Å². The lowest BCUT2D eigenvalue weighted by atomic mass is 9.81. The lowest BCUT2D eigenvalue weighted by Crippen LogP contribution is -2.57. The summed E-state index contributed by atoms with van der Waals surface area (Å²) in [6, 6.07) is 0.0612. The SMILES string of the molecule is CCC1(C(=O)N2CCC(N3CC(C(=O)O)CC3=O)CC2)COC1. The lowest BCUT2D eigenvalue weighted by molar-refractivity contribution is -0.174. The zero-order valence-corrected chi connectivity index (χ0v) is 13.5. The molecule has 0 bridgehead atoms. The van der Waals surface area contributed by atoms with Crippen molar-refractivity contribution < 1.29 is 24.2 Å². The molecule has 23 heavy (non-hydrogen) atoms. The predicted octanol–water partition coefficient (Wildman–Crippen LogP) is 0.337. The largest absolute Gasteiger partial charge is 0.481 e. The van der Waals surface area contributed by atoms with Crippen molar-refractivity contribution in [2.45, 2.75) is 38.6 Å². The molecular formula is C16H24N2O5. The van der Waals surface area contributed by atoms with Crippen LogP contribution < -0.4 is 0 Å². The first-order valence-corrected chi connectivity index (χ1v) is 8.36. The van der Waals surface area contributed by atoms with Crippen LogP contribution in [0.5, 0.6) is 0 Å². The Hall–Kier alpha value is -1.63. The molecule has 1 N–H and O–H groups in total. The average molecular weight is 324 g/mol. The quantitative estimate of drug-likeness (QED) is 0.805. The third-order valence-electron chi connectivity index (χ3n) is 5.59. The van der Waals surface area contributed by atoms with Gasteiger partial charge in [0.1, 0.15) is 0 Å². The molecule has 3 fully saturated rings. The lowest BCUT2D eigenvalue weighted by Gasteiger charge is -2.45. The third-order valence-corrected chi connectivity index (χ3v) is 5.59. The Morgan fingerprint density at radius 3 is 2.39 bits per heavy atom. The number of carbonyl (C=O) groups excluding carboxylic acids is 2. The molecule has 0 radical (unpaired) electrons. The molecule has 7 nitrogen and oxygen atoms in total. The van der Waals surface area contributed by atoms with E-state index in [-0.39, 0.29) is 29.7 Å². The number of hydrogen-bond donors (Lipinski definition) is 1. The van der Waals surface area contributed by atoms with Crippen molar-refractivity contribution in [2.75, 3.05) is 32.8 Å². The number of likely N-dealkylation sites (tertiary alicyclic amines) is 2. The number of rotatable bonds is 4. The maximum Gasteiger partial charge on any atom is 0.308 e. The maximum atomic E-state index is 12.7. The third kappa shape index (κ3) is 2.82. The first kappa shape index (κ1) is 16.2. The summed E-state index contributed by atoms with van der Waals surface area (Å²) >= 11 is 0. The van der Waals surface area contributed by atoms with E-state index in [9.17, 15) is 14.4 Å². The standard InChI is InChI=1S/C16H24N2O5/c1-2-16(9-23-10-16)15(22)17-5-3-12(4-6-17)18-8-11(14(20)21)7-13(18)19/h11-12H,2-10H2,1H3,(H,20,21). The van der Waals surface area contributed by atoms with Gasteiger partial charge in [-0.3, -0.25) is 14.4 Å². The molecule has 0 saturated carbocycles. The number of aliphatic carboxylic acids is 1. The van der Waals surface area contributed by atoms with Crippen molar-refractivity contribution in [3.05, 3.63) is 0 Å². The van der Waals surface area contributed by atoms with E-state index in [1.165, 1.54) is 0 Å². The molecule has 7 heteroatoms. The molecule has 0 aromatic heterocycles. The average Bonchev–Trinajstić information content (AvgIpc) is 2.89. The van der Waals surface area contributed by atoms with Gasteiger partial charge in [0, 0.05) is 32.1 Å². The highest BCUT2D eigenvalue weighted by atomic mass is 16.5. The summed E-state index contributed by atoms with van der Waals surface area (Å²) < 4.78 is 5.24. The van der Waals surface area contributed by atoms with Gasteiger partial charge in [0.05, 0.1) is 24.5 Å². The molecule has 3 aliphatic rings. The second-order valence-electron chi connectivity index (χ2n) is 6.94. The zero-order valence-electron chi connectivity index (χ0n) is 13.5. The predicted molar refractivity (Wildman–Crippen MR) is 80.6 cm³/mol. The summed E-state index contributed by atoms with van der Waals surface area (Å²) in [5.74, 6) is -1.39. The van der Waals surface area contributed by atoms with Crippen LogP contribution in [0, 0.1) is 11.3 Å². The van der Waals surface area contributed by atoms with Gasteiger partial charge in [-0.1, -0.05) is 6.92 Å². The van der Waals surface area contributed by atoms with Crippen LogP contribution in [-0.2, 0) is 19.1 Å². The molecule has 3 heterocycles. The van der Waals surface area contributed by atoms with Gasteiger partial charge in [-0.15, -0.1) is 0 Å². The molecule has 3 rings (SSSR count). The summed E-state index contributed by atoms with van der Waals surface area (Å²) in [6.45, 7) is 4.60. The minimum atomic E-state index is -0.900. The molecule has 0 aromatic carbocycles. The van der Waals surface area contributed by atoms with Gasteiger partial charge < -0.3 is 19.6 Å². The Kier molecular flexibility index (Phi) is 4.31. The molecule has 2 amide bonds. The molecule has 0 spiro atoms. The van der Waals surface area contributed by atoms with Crippen molar-refractivity contribution in [3.63, 3.8) is 0 Å². The van der Waals surface area contributed by atoms with Crippen molar-refractivity contribution >= 4 is 17.8 Å². The van der Waals surface area contributed by atoms with Crippen molar-refractivity contribution in [1.29, 1.82) is 0 Å². The van der Waals surface area contributed by atoms with E-state index in [4.69, 9.17) is 9.84 Å². The highest BCUT2D eigenvalue weighted by molar-refractivity contribution is 5.86. The fourth-order valence-electron chi connectivity index (χ4n) is 3.79. The van der Waals surface area contributed by atoms with Crippen LogP contribution >= 0.6 is 0 Å². The van der Waals surface area contributed by atoms with E-state index in [1.807, 2.05) is 11.8 Å². The van der Waals surface area contributed by atoms with Crippen molar-refractivity contribution in [1.82, 2.24) is 9.80 Å². The van der Waals surface area contributed by atoms with Crippen LogP contribution in [0.4, 0.5) is 0 Å². The van der Waals surface area contributed by atoms with Gasteiger partial charge in [-0.2, -0.15) is 0 Å². The van der Waals surface area contributed by atoms with E-state index in [1.54, 1.807) is 4.90 Å². The number of carboxylic acids is 1. The van der Waals surface area contributed by atoms with Gasteiger partial charge in [0.15, 0.2) is 0 Å². The number of carboxylic acid groups (broad SMARTS) is 1. The Bertz CT molecular complexity index is 503. The van der Waals surface area contributed by atoms with E-state index in [0.717, 1.165) is 19.3 Å². The first-order chi connectivity index (χ1) is 11.0. The molecule has 3 saturated heterocycles. The number of ether oxygens (including phenoxy) is 1. The molecular weight excluding hydrogens is 300 g/mol. The van der Waals surface area contributed by atoms with E-state index < -0.39 is 11.9 Å². The van der Waals surface area contributed by atoms with Crippen LogP contribution in [0.15, 0.2) is 0 Å². The van der Waals surface area contributed by atoms with E-state index in [0.29, 0.717) is 32.8 Å². The van der Waals surface area contributed by atoms with Gasteiger partial charge in [-0.05, 0) is 19.3 Å². The number of carbonyl (C=O) groups is 3. The molecule has 1 unspecified atom stereocenters. The molecule has 1 atom stereocenters. The summed E-state index contributed by atoms with van der Waals surface area (Å²) in [6.07, 6.45) is 2.34. The van der Waals surface area contributed by atoms with Crippen LogP contribution in [-0.4, -0.2) is 71.6 Å². The number of hydrogen-bond acceptors (Lipinski definition) is 4. The van der Waals surface area contributed by atoms with Gasteiger partial charge >= 0.3 is 5.97 Å². The summed E-state index contributed by atoms with van der Waals surface area (Å²) in [4.78, 5) is 39.3. The molecule has 0 aromatic rings. The van der Waals surface area contributed by atoms with Crippen molar-refractivity contribution in [3.8, 4) is 0 Å². The highest BCUT2D eigenvalue weighted by Gasteiger charge is 2.47. The van der Waals surface area contributed by atoms with Crippen LogP contribution in [0.2, 0.25) is 0 Å². The molecule has 3 aliphatic heterocycles. The smallest absolute Gasteiger partial charge is 0.308 e. The summed E-state index contributed by atoms with van der Waals surface area (Å²) in [7, 11) is 0. The second-order valence-corrected chi connectivity index (χ2v) is 6.94. The Labute approximate surface area is 135 Å². The number of amides is 2. The molecule has 128 valence electrons. The summed E-state index contributed by atoms with van der Waals surface area (Å²) in [5, 5.41) is 9.07. The first-order valence-electron chi connectivity index (χ1n) is 8.36. The van der Waals surface area contributed by atoms with Crippen LogP contribution in [0.25, 0.3) is 0 Å². The fraction of sp³-hybridized carbons (Fsp3) is 0.812. The number of piperidine rings is 1. The fourth-order valence-corrected chi connectivity index (χ4v) is 3.79. The van der Waals surface area contributed by atoms with Gasteiger partial charge in [-0.25, -0.2) is 0 Å². The van der Waals surface area contributed by atoms with Gasteiger partial charge in [0.2, 0.25) is 11.8 Å². The summed E-state index contributed by atoms with van der Waals surface area (Å²) in [5.41, 5.74) is -0.343. The monoisotopic (exact) mass is 324 g/mol. The second kappa shape index (κ2) is 6.11. The Morgan fingerprint density at radius 1 is 1.30 bits per heavy atom. The Balaban J connectivity index is 1.56. The minimum absolute atomic E-state index is 0.0612. The van der Waals surface area contributed by atoms with Crippen molar-refractivity contribution in [2.24, 2.45) is 11.3 Å². The number of nitrogens with zero attached hydrogens (tertiary/aromatic N) is 2. The van der Waals surface area contributed by atoms with Crippen LogP contribution in [0.1, 0.15) is 32.6 Å². The Morgan fingerprint density at radius 2 is 1.96 bits per heavy atom. The maximum absolute atomic E-state index is 12.7. The molecule has 0 aliphatic carbocycles. The zero-order chi connectivity index (χ0) is 16.6. The topological polar surface area (TPSA) is 87.2 Å². The van der Waals surface area contributed by atoms with Crippen LogP contribution in [0.3, 0.4) is 0 Å². The highest BCUT2D eigenvalue weighted by Crippen LogP contribution is 2.35.